The number of esters is 1. The molecule has 6 heteroatoms. The summed E-state index contributed by atoms with van der Waals surface area (Å²) < 4.78 is 54.9. The van der Waals surface area contributed by atoms with E-state index in [1.165, 1.54) is 18.6 Å². The highest BCUT2D eigenvalue weighted by atomic mass is 19.2. The lowest BCUT2D eigenvalue weighted by Crippen LogP contribution is -2.25. The molecular weight excluding hydrogens is 465 g/mol. The molecule has 0 heterocycles. The smallest absolute Gasteiger partial charge is 0.341 e. The zero-order valence-electron chi connectivity index (χ0n) is 21.3. The van der Waals surface area contributed by atoms with Crippen molar-refractivity contribution in [1.82, 2.24) is 0 Å². The van der Waals surface area contributed by atoms with Gasteiger partial charge in [0.25, 0.3) is 0 Å². The average Bonchev–Trinajstić information content (AvgIpc) is 2.88. The number of hydrogen-bond acceptors (Lipinski definition) is 3. The molecule has 2 saturated carbocycles. The van der Waals surface area contributed by atoms with Crippen LogP contribution in [0.2, 0.25) is 0 Å². The Balaban J connectivity index is 1.33. The van der Waals surface area contributed by atoms with E-state index in [1.54, 1.807) is 12.1 Å². The van der Waals surface area contributed by atoms with Crippen LogP contribution < -0.4 is 4.74 Å². The predicted octanol–water partition coefficient (Wildman–Crippen LogP) is 8.46. The molecule has 196 valence electrons. The minimum atomic E-state index is -1.10. The van der Waals surface area contributed by atoms with Crippen LogP contribution in [0.5, 0.6) is 5.75 Å². The lowest BCUT2D eigenvalue weighted by atomic mass is 9.77. The molecule has 0 N–H and O–H groups in total. The molecule has 36 heavy (non-hydrogen) atoms. The van der Waals surface area contributed by atoms with Gasteiger partial charge in [-0.2, -0.15) is 0 Å². The first-order valence-corrected chi connectivity index (χ1v) is 13.5. The van der Waals surface area contributed by atoms with Gasteiger partial charge < -0.3 is 9.47 Å². The minimum absolute atomic E-state index is 0.000363. The van der Waals surface area contributed by atoms with Gasteiger partial charge in [-0.05, 0) is 105 Å². The van der Waals surface area contributed by atoms with E-state index in [1.807, 2.05) is 13.0 Å². The minimum Gasteiger partial charge on any atom is -0.491 e. The van der Waals surface area contributed by atoms with E-state index in [0.29, 0.717) is 30.9 Å². The van der Waals surface area contributed by atoms with Crippen LogP contribution in [0.3, 0.4) is 0 Å². The van der Waals surface area contributed by atoms with Crippen molar-refractivity contribution in [2.75, 3.05) is 6.61 Å². The summed E-state index contributed by atoms with van der Waals surface area (Å²) in [5.41, 5.74) is 0.932. The second-order valence-electron chi connectivity index (χ2n) is 10.3. The third-order valence-electron chi connectivity index (χ3n) is 7.99. The number of ether oxygens (including phenoxy) is 2. The molecule has 2 aromatic carbocycles. The van der Waals surface area contributed by atoms with Gasteiger partial charge in [0.2, 0.25) is 0 Å². The molecule has 4 rings (SSSR count). The summed E-state index contributed by atoms with van der Waals surface area (Å²) in [5.74, 6) is -2.13. The maximum absolute atomic E-state index is 15.0. The lowest BCUT2D eigenvalue weighted by molar-refractivity contribution is 0.0189. The van der Waals surface area contributed by atoms with Crippen LogP contribution in [0.15, 0.2) is 30.3 Å². The van der Waals surface area contributed by atoms with E-state index in [0.717, 1.165) is 50.5 Å². The Morgan fingerprint density at radius 3 is 2.19 bits per heavy atom. The maximum Gasteiger partial charge on any atom is 0.341 e. The molecule has 2 aliphatic rings. The molecule has 0 saturated heterocycles. The van der Waals surface area contributed by atoms with E-state index in [-0.39, 0.29) is 35.1 Å². The molecule has 0 unspecified atom stereocenters. The van der Waals surface area contributed by atoms with E-state index in [9.17, 15) is 18.0 Å². The van der Waals surface area contributed by atoms with Crippen molar-refractivity contribution >= 4 is 5.97 Å². The highest BCUT2D eigenvalue weighted by molar-refractivity contribution is 5.90. The molecule has 2 aromatic rings. The molecule has 2 fully saturated rings. The highest BCUT2D eigenvalue weighted by Crippen LogP contribution is 2.40. The fourth-order valence-corrected chi connectivity index (χ4v) is 5.98. The number of carbonyl (C=O) groups excluding carboxylic acids is 1. The molecule has 0 amide bonds. The Kier molecular flexibility index (Phi) is 8.97. The van der Waals surface area contributed by atoms with Gasteiger partial charge in [0, 0.05) is 0 Å². The van der Waals surface area contributed by atoms with Crippen molar-refractivity contribution in [3.8, 4) is 5.75 Å². The Labute approximate surface area is 212 Å². The van der Waals surface area contributed by atoms with E-state index >= 15 is 0 Å². The van der Waals surface area contributed by atoms with Crippen LogP contribution in [-0.4, -0.2) is 18.7 Å². The monoisotopic (exact) mass is 502 g/mol. The van der Waals surface area contributed by atoms with Crippen LogP contribution in [0, 0.1) is 23.4 Å². The number of carbonyl (C=O) groups is 1. The van der Waals surface area contributed by atoms with Crippen LogP contribution in [0.1, 0.15) is 111 Å². The SMILES string of the molecule is CCCC1CCC(c2ccc(C(=O)OC3CCC(c4ccc(OCC)c(F)c4)CC3)c(F)c2F)CC1. The second kappa shape index (κ2) is 12.2. The molecule has 0 spiro atoms. The summed E-state index contributed by atoms with van der Waals surface area (Å²) in [5, 5.41) is 0. The molecule has 0 bridgehead atoms. The topological polar surface area (TPSA) is 35.5 Å². The van der Waals surface area contributed by atoms with E-state index in [2.05, 4.69) is 6.92 Å². The van der Waals surface area contributed by atoms with Crippen molar-refractivity contribution < 1.29 is 27.4 Å². The normalized spacial score (nSPS) is 24.4. The Hall–Kier alpha value is -2.50. The number of rotatable bonds is 8. The average molecular weight is 503 g/mol. The van der Waals surface area contributed by atoms with Gasteiger partial charge in [-0.15, -0.1) is 0 Å². The number of benzene rings is 2. The molecule has 0 atom stereocenters. The molecule has 0 aromatic heterocycles. The van der Waals surface area contributed by atoms with E-state index < -0.39 is 17.6 Å². The third kappa shape index (κ3) is 6.07. The Bertz CT molecular complexity index is 1040. The first kappa shape index (κ1) is 26.6. The summed E-state index contributed by atoms with van der Waals surface area (Å²) in [4.78, 5) is 12.7. The van der Waals surface area contributed by atoms with Crippen molar-refractivity contribution in [3.05, 3.63) is 64.5 Å². The molecule has 3 nitrogen and oxygen atoms in total. The number of halogens is 3. The first-order chi connectivity index (χ1) is 17.4. The van der Waals surface area contributed by atoms with Crippen molar-refractivity contribution in [2.45, 2.75) is 96.0 Å². The van der Waals surface area contributed by atoms with Gasteiger partial charge in [-0.1, -0.05) is 31.9 Å². The highest BCUT2D eigenvalue weighted by Gasteiger charge is 2.30. The summed E-state index contributed by atoms with van der Waals surface area (Å²) in [6.07, 6.45) is 8.39. The molecule has 2 aliphatic carbocycles. The van der Waals surface area contributed by atoms with Crippen LogP contribution in [0.25, 0.3) is 0 Å². The van der Waals surface area contributed by atoms with Gasteiger partial charge in [-0.25, -0.2) is 18.0 Å². The zero-order valence-corrected chi connectivity index (χ0v) is 21.3. The van der Waals surface area contributed by atoms with Crippen LogP contribution in [-0.2, 0) is 4.74 Å². The quantitative estimate of drug-likeness (QED) is 0.340. The first-order valence-electron chi connectivity index (χ1n) is 13.5. The fourth-order valence-electron chi connectivity index (χ4n) is 5.98. The summed E-state index contributed by atoms with van der Waals surface area (Å²) in [7, 11) is 0. The van der Waals surface area contributed by atoms with Crippen LogP contribution in [0.4, 0.5) is 13.2 Å². The van der Waals surface area contributed by atoms with E-state index in [4.69, 9.17) is 9.47 Å². The molecule has 0 radical (unpaired) electrons. The van der Waals surface area contributed by atoms with Gasteiger partial charge in [0.05, 0.1) is 12.2 Å². The lowest BCUT2D eigenvalue weighted by Gasteiger charge is -2.29. The Morgan fingerprint density at radius 2 is 1.56 bits per heavy atom. The van der Waals surface area contributed by atoms with Crippen LogP contribution >= 0.6 is 0 Å². The Morgan fingerprint density at radius 1 is 0.861 bits per heavy atom. The second-order valence-corrected chi connectivity index (χ2v) is 10.3. The summed E-state index contributed by atoms with van der Waals surface area (Å²) >= 11 is 0. The molecular formula is C30H37F3O3. The number of hydrogen-bond donors (Lipinski definition) is 0. The largest absolute Gasteiger partial charge is 0.491 e. The third-order valence-corrected chi connectivity index (χ3v) is 7.99. The summed E-state index contributed by atoms with van der Waals surface area (Å²) in [6.45, 7) is 4.39. The standard InChI is InChI=1S/C30H37F3O3/c1-3-5-19-6-8-21(9-7-19)24-15-16-25(29(33)28(24)32)30(34)36-23-13-10-20(11-14-23)22-12-17-27(35-4-2)26(31)18-22/h12,15-21,23H,3-11,13-14H2,1-2H3. The predicted molar refractivity (Wildman–Crippen MR) is 134 cm³/mol. The van der Waals surface area contributed by atoms with Gasteiger partial charge >= 0.3 is 5.97 Å². The van der Waals surface area contributed by atoms with Gasteiger partial charge in [0.1, 0.15) is 6.10 Å². The molecule has 0 aliphatic heterocycles. The van der Waals surface area contributed by atoms with Gasteiger partial charge in [-0.3, -0.25) is 0 Å². The zero-order chi connectivity index (χ0) is 25.7. The van der Waals surface area contributed by atoms with Gasteiger partial charge in [0.15, 0.2) is 23.2 Å². The van der Waals surface area contributed by atoms with Crippen molar-refractivity contribution in [3.63, 3.8) is 0 Å². The summed E-state index contributed by atoms with van der Waals surface area (Å²) in [6, 6.07) is 7.98. The van der Waals surface area contributed by atoms with Crippen molar-refractivity contribution in [2.24, 2.45) is 5.92 Å². The fraction of sp³-hybridized carbons (Fsp3) is 0.567. The maximum atomic E-state index is 15.0. The van der Waals surface area contributed by atoms with Crippen molar-refractivity contribution in [1.29, 1.82) is 0 Å².